The first-order chi connectivity index (χ1) is 13.1. The van der Waals surface area contributed by atoms with Gasteiger partial charge >= 0.3 is 0 Å². The van der Waals surface area contributed by atoms with Crippen LogP contribution in [0.25, 0.3) is 11.0 Å². The predicted octanol–water partition coefficient (Wildman–Crippen LogP) is 2.86. The summed E-state index contributed by atoms with van der Waals surface area (Å²) in [7, 11) is 0. The van der Waals surface area contributed by atoms with E-state index in [-0.39, 0.29) is 5.56 Å². The number of piperazine rings is 1. The number of fused-ring (bicyclic) bond motifs is 1. The molecule has 0 bridgehead atoms. The maximum absolute atomic E-state index is 12.5. The summed E-state index contributed by atoms with van der Waals surface area (Å²) in [5.41, 5.74) is 5.95. The van der Waals surface area contributed by atoms with Crippen molar-refractivity contribution < 1.29 is 0 Å². The van der Waals surface area contributed by atoms with Gasteiger partial charge in [0.05, 0.1) is 11.0 Å². The molecule has 2 aromatic carbocycles. The van der Waals surface area contributed by atoms with Crippen LogP contribution in [-0.2, 0) is 13.1 Å². The van der Waals surface area contributed by atoms with E-state index in [1.54, 1.807) is 0 Å². The van der Waals surface area contributed by atoms with Gasteiger partial charge < -0.3 is 4.98 Å². The highest BCUT2D eigenvalue weighted by Gasteiger charge is 2.19. The van der Waals surface area contributed by atoms with Crippen LogP contribution in [0.5, 0.6) is 0 Å². The summed E-state index contributed by atoms with van der Waals surface area (Å²) in [4.78, 5) is 24.9. The standard InChI is InChI=1S/C22H26N4O/c1-16-12-19-20(13-17(16)2)24-22(27)21(23-19)15-26-10-8-25(9-11-26)14-18-6-4-3-5-7-18/h3-7,12-13H,8-11,14-15H2,1-2H3,(H,24,27). The molecule has 4 rings (SSSR count). The van der Waals surface area contributed by atoms with Gasteiger partial charge in [-0.25, -0.2) is 4.98 Å². The predicted molar refractivity (Wildman–Crippen MR) is 109 cm³/mol. The molecule has 140 valence electrons. The molecule has 0 radical (unpaired) electrons. The lowest BCUT2D eigenvalue weighted by Crippen LogP contribution is -2.46. The van der Waals surface area contributed by atoms with E-state index < -0.39 is 0 Å². The molecule has 0 amide bonds. The monoisotopic (exact) mass is 362 g/mol. The molecule has 3 aromatic rings. The molecule has 0 spiro atoms. The second-order valence-corrected chi connectivity index (χ2v) is 7.50. The Morgan fingerprint density at radius 2 is 1.56 bits per heavy atom. The minimum atomic E-state index is -0.0718. The van der Waals surface area contributed by atoms with Crippen molar-refractivity contribution in [2.24, 2.45) is 0 Å². The van der Waals surface area contributed by atoms with E-state index in [1.165, 1.54) is 16.7 Å². The average molecular weight is 362 g/mol. The summed E-state index contributed by atoms with van der Waals surface area (Å²) in [6, 6.07) is 14.6. The lowest BCUT2D eigenvalue weighted by atomic mass is 10.1. The third-order valence-corrected chi connectivity index (χ3v) is 5.47. The van der Waals surface area contributed by atoms with Crippen molar-refractivity contribution >= 4 is 11.0 Å². The van der Waals surface area contributed by atoms with Crippen LogP contribution in [0.15, 0.2) is 47.3 Å². The van der Waals surface area contributed by atoms with Crippen molar-refractivity contribution in [2.75, 3.05) is 26.2 Å². The lowest BCUT2D eigenvalue weighted by Gasteiger charge is -2.34. The van der Waals surface area contributed by atoms with E-state index >= 15 is 0 Å². The highest BCUT2D eigenvalue weighted by atomic mass is 16.1. The Kier molecular flexibility index (Phi) is 5.05. The molecule has 1 aliphatic heterocycles. The normalized spacial score (nSPS) is 16.1. The van der Waals surface area contributed by atoms with Gasteiger partial charge in [-0.2, -0.15) is 0 Å². The second-order valence-electron chi connectivity index (χ2n) is 7.50. The smallest absolute Gasteiger partial charge is 0.271 e. The SMILES string of the molecule is Cc1cc2nc(CN3CCN(Cc4ccccc4)CC3)c(=O)[nH]c2cc1C. The molecule has 0 aliphatic carbocycles. The van der Waals surface area contributed by atoms with Gasteiger partial charge in [-0.3, -0.25) is 14.6 Å². The Bertz CT molecular complexity index is 988. The molecule has 2 heterocycles. The Hall–Kier alpha value is -2.50. The summed E-state index contributed by atoms with van der Waals surface area (Å²) >= 11 is 0. The van der Waals surface area contributed by atoms with Crippen LogP contribution in [0.3, 0.4) is 0 Å². The van der Waals surface area contributed by atoms with Crippen LogP contribution in [0.4, 0.5) is 0 Å². The van der Waals surface area contributed by atoms with E-state index in [4.69, 9.17) is 0 Å². The van der Waals surface area contributed by atoms with Crippen LogP contribution in [0, 0.1) is 13.8 Å². The maximum atomic E-state index is 12.5. The van der Waals surface area contributed by atoms with Crippen molar-refractivity contribution in [3.63, 3.8) is 0 Å². The van der Waals surface area contributed by atoms with Gasteiger partial charge in [0, 0.05) is 39.3 Å². The number of aryl methyl sites for hydroxylation is 2. The van der Waals surface area contributed by atoms with Gasteiger partial charge in [-0.15, -0.1) is 0 Å². The van der Waals surface area contributed by atoms with Crippen molar-refractivity contribution in [1.29, 1.82) is 0 Å². The van der Waals surface area contributed by atoms with E-state index in [2.05, 4.69) is 70.0 Å². The van der Waals surface area contributed by atoms with Crippen molar-refractivity contribution in [1.82, 2.24) is 19.8 Å². The first-order valence-corrected chi connectivity index (χ1v) is 9.57. The number of hydrogen-bond donors (Lipinski definition) is 1. The zero-order valence-electron chi connectivity index (χ0n) is 16.0. The number of rotatable bonds is 4. The molecule has 0 unspecified atom stereocenters. The fourth-order valence-corrected chi connectivity index (χ4v) is 3.65. The van der Waals surface area contributed by atoms with Crippen LogP contribution in [-0.4, -0.2) is 45.9 Å². The average Bonchev–Trinajstić information content (AvgIpc) is 2.66. The fraction of sp³-hybridized carbons (Fsp3) is 0.364. The molecule has 1 aliphatic rings. The minimum absolute atomic E-state index is 0.0718. The Labute approximate surface area is 159 Å². The number of benzene rings is 2. The molecular weight excluding hydrogens is 336 g/mol. The summed E-state index contributed by atoms with van der Waals surface area (Å²) < 4.78 is 0. The number of nitrogens with one attached hydrogen (secondary N) is 1. The number of aromatic nitrogens is 2. The molecule has 1 fully saturated rings. The lowest BCUT2D eigenvalue weighted by molar-refractivity contribution is 0.120. The van der Waals surface area contributed by atoms with Crippen LogP contribution in [0.2, 0.25) is 0 Å². The number of hydrogen-bond acceptors (Lipinski definition) is 4. The van der Waals surface area contributed by atoms with Crippen LogP contribution < -0.4 is 5.56 Å². The first kappa shape index (κ1) is 17.9. The Morgan fingerprint density at radius 3 is 2.26 bits per heavy atom. The Morgan fingerprint density at radius 1 is 0.926 bits per heavy atom. The molecule has 5 heteroatoms. The minimum Gasteiger partial charge on any atom is -0.319 e. The van der Waals surface area contributed by atoms with Gasteiger partial charge in [0.2, 0.25) is 0 Å². The topological polar surface area (TPSA) is 52.2 Å². The molecule has 1 N–H and O–H groups in total. The summed E-state index contributed by atoms with van der Waals surface area (Å²) in [6.07, 6.45) is 0. The van der Waals surface area contributed by atoms with Gasteiger partial charge in [0.15, 0.2) is 0 Å². The molecular formula is C22H26N4O. The molecule has 1 saturated heterocycles. The van der Waals surface area contributed by atoms with Gasteiger partial charge in [-0.1, -0.05) is 30.3 Å². The highest BCUT2D eigenvalue weighted by Crippen LogP contribution is 2.16. The first-order valence-electron chi connectivity index (χ1n) is 9.57. The third-order valence-electron chi connectivity index (χ3n) is 5.47. The highest BCUT2D eigenvalue weighted by molar-refractivity contribution is 5.76. The molecule has 27 heavy (non-hydrogen) atoms. The van der Waals surface area contributed by atoms with E-state index in [0.717, 1.165) is 43.8 Å². The quantitative estimate of drug-likeness (QED) is 0.775. The fourth-order valence-electron chi connectivity index (χ4n) is 3.65. The maximum Gasteiger partial charge on any atom is 0.271 e. The zero-order valence-corrected chi connectivity index (χ0v) is 16.0. The van der Waals surface area contributed by atoms with Crippen molar-refractivity contribution in [3.05, 3.63) is 75.2 Å². The molecule has 0 atom stereocenters. The third kappa shape index (κ3) is 4.10. The van der Waals surface area contributed by atoms with Crippen molar-refractivity contribution in [2.45, 2.75) is 26.9 Å². The van der Waals surface area contributed by atoms with Crippen LogP contribution >= 0.6 is 0 Å². The van der Waals surface area contributed by atoms with Crippen molar-refractivity contribution in [3.8, 4) is 0 Å². The zero-order chi connectivity index (χ0) is 18.8. The van der Waals surface area contributed by atoms with E-state index in [9.17, 15) is 4.79 Å². The summed E-state index contributed by atoms with van der Waals surface area (Å²) in [6.45, 7) is 9.66. The van der Waals surface area contributed by atoms with Gasteiger partial charge in [-0.05, 0) is 42.7 Å². The van der Waals surface area contributed by atoms with E-state index in [0.29, 0.717) is 12.2 Å². The Balaban J connectivity index is 1.42. The molecule has 1 aromatic heterocycles. The second kappa shape index (κ2) is 7.62. The van der Waals surface area contributed by atoms with Gasteiger partial charge in [0.1, 0.15) is 5.69 Å². The van der Waals surface area contributed by atoms with Gasteiger partial charge in [0.25, 0.3) is 5.56 Å². The molecule has 5 nitrogen and oxygen atoms in total. The molecule has 0 saturated carbocycles. The largest absolute Gasteiger partial charge is 0.319 e. The summed E-state index contributed by atoms with van der Waals surface area (Å²) in [5.74, 6) is 0. The number of nitrogens with zero attached hydrogens (tertiary/aromatic N) is 3. The van der Waals surface area contributed by atoms with Crippen LogP contribution in [0.1, 0.15) is 22.4 Å². The number of aromatic amines is 1. The van der Waals surface area contributed by atoms with E-state index in [1.807, 2.05) is 6.07 Å². The summed E-state index contributed by atoms with van der Waals surface area (Å²) in [5, 5.41) is 0. The number of H-pyrrole nitrogens is 1.